The topological polar surface area (TPSA) is 12.0 Å². The first-order chi connectivity index (χ1) is 8.47. The van der Waals surface area contributed by atoms with Crippen molar-refractivity contribution in [3.05, 3.63) is 48.0 Å². The van der Waals surface area contributed by atoms with E-state index in [1.165, 1.54) is 23.6 Å². The summed E-state index contributed by atoms with van der Waals surface area (Å²) in [6.45, 7) is 12.8. The van der Waals surface area contributed by atoms with Crippen molar-refractivity contribution in [3.63, 3.8) is 0 Å². The minimum absolute atomic E-state index is 0.482. The molecule has 0 aliphatic carbocycles. The molecule has 2 rings (SSSR count). The second-order valence-electron chi connectivity index (χ2n) is 6.63. The fourth-order valence-corrected chi connectivity index (χ4v) is 4.59. The van der Waals surface area contributed by atoms with Crippen LogP contribution in [0.3, 0.4) is 0 Å². The van der Waals surface area contributed by atoms with Crippen LogP contribution in [0.25, 0.3) is 0 Å². The Morgan fingerprint density at radius 1 is 1.28 bits per heavy atom. The Labute approximate surface area is 112 Å². The minimum atomic E-state index is -1.05. The van der Waals surface area contributed by atoms with Gasteiger partial charge in [0.2, 0.25) is 0 Å². The largest absolute Gasteiger partial charge is 0.309 e. The first-order valence-corrected chi connectivity index (χ1v) is 10.6. The molecule has 1 nitrogen and oxygen atoms in total. The fourth-order valence-electron chi connectivity index (χ4n) is 2.97. The van der Waals surface area contributed by atoms with Crippen molar-refractivity contribution < 1.29 is 0 Å². The van der Waals surface area contributed by atoms with Crippen LogP contribution in [-0.4, -0.2) is 14.6 Å². The van der Waals surface area contributed by atoms with Gasteiger partial charge in [0, 0.05) is 14.1 Å². The number of benzene rings is 1. The monoisotopic (exact) mass is 259 g/mol. The van der Waals surface area contributed by atoms with Gasteiger partial charge in [-0.2, -0.15) is 0 Å². The fraction of sp³-hybridized carbons (Fsp3) is 0.500. The average molecular weight is 259 g/mol. The first-order valence-electron chi connectivity index (χ1n) is 6.93. The number of nitrogens with one attached hydrogen (secondary N) is 1. The number of rotatable bonds is 4. The standard InChI is InChI=1S/C16H25NSi/c1-13(12-18(2,3)4)15-10-11-17-16(15)14-8-6-5-7-9-14/h5-9,15-17H,1,10-12H2,2-4H3/t15-,16+/m0/s1. The molecule has 1 aromatic rings. The van der Waals surface area contributed by atoms with Crippen molar-refractivity contribution in [2.45, 2.75) is 38.1 Å². The summed E-state index contributed by atoms with van der Waals surface area (Å²) < 4.78 is 0. The van der Waals surface area contributed by atoms with Crippen molar-refractivity contribution in [1.82, 2.24) is 5.32 Å². The summed E-state index contributed by atoms with van der Waals surface area (Å²) in [6.07, 6.45) is 1.24. The molecule has 0 unspecified atom stereocenters. The molecule has 1 heterocycles. The van der Waals surface area contributed by atoms with Crippen LogP contribution in [0.5, 0.6) is 0 Å². The van der Waals surface area contributed by atoms with Crippen molar-refractivity contribution >= 4 is 8.07 Å². The lowest BCUT2D eigenvalue weighted by atomic mass is 9.89. The highest BCUT2D eigenvalue weighted by atomic mass is 28.3. The van der Waals surface area contributed by atoms with E-state index in [1.54, 1.807) is 0 Å². The molecule has 1 aromatic carbocycles. The van der Waals surface area contributed by atoms with Gasteiger partial charge in [0.15, 0.2) is 0 Å². The van der Waals surface area contributed by atoms with Crippen LogP contribution in [0.15, 0.2) is 42.5 Å². The molecule has 2 atom stereocenters. The van der Waals surface area contributed by atoms with Crippen LogP contribution in [0, 0.1) is 5.92 Å². The van der Waals surface area contributed by atoms with Crippen molar-refractivity contribution in [3.8, 4) is 0 Å². The maximum atomic E-state index is 4.39. The van der Waals surface area contributed by atoms with Gasteiger partial charge in [0.1, 0.15) is 0 Å². The highest BCUT2D eigenvalue weighted by Crippen LogP contribution is 2.37. The van der Waals surface area contributed by atoms with Gasteiger partial charge in [-0.25, -0.2) is 0 Å². The van der Waals surface area contributed by atoms with E-state index >= 15 is 0 Å². The molecule has 1 aliphatic heterocycles. The van der Waals surface area contributed by atoms with E-state index in [9.17, 15) is 0 Å². The Kier molecular flexibility index (Phi) is 4.08. The molecule has 0 radical (unpaired) electrons. The van der Waals surface area contributed by atoms with Crippen LogP contribution in [-0.2, 0) is 0 Å². The molecule has 1 saturated heterocycles. The molecular formula is C16H25NSi. The van der Waals surface area contributed by atoms with E-state index in [-0.39, 0.29) is 0 Å². The Hall–Kier alpha value is -0.863. The van der Waals surface area contributed by atoms with Crippen LogP contribution in [0.1, 0.15) is 18.0 Å². The Morgan fingerprint density at radius 2 is 1.94 bits per heavy atom. The predicted molar refractivity (Wildman–Crippen MR) is 82.6 cm³/mol. The predicted octanol–water partition coefficient (Wildman–Crippen LogP) is 4.23. The number of hydrogen-bond acceptors (Lipinski definition) is 1. The van der Waals surface area contributed by atoms with Crippen molar-refractivity contribution in [1.29, 1.82) is 0 Å². The summed E-state index contributed by atoms with van der Waals surface area (Å²) in [5.74, 6) is 0.624. The summed E-state index contributed by atoms with van der Waals surface area (Å²) in [6, 6.07) is 12.6. The third-order valence-electron chi connectivity index (χ3n) is 3.66. The molecule has 0 bridgehead atoms. The molecule has 1 aliphatic rings. The zero-order valence-corrected chi connectivity index (χ0v) is 12.9. The van der Waals surface area contributed by atoms with E-state index in [2.05, 4.69) is 61.9 Å². The Balaban J connectivity index is 2.11. The van der Waals surface area contributed by atoms with E-state index in [0.29, 0.717) is 12.0 Å². The summed E-state index contributed by atoms with van der Waals surface area (Å²) in [5, 5.41) is 3.64. The van der Waals surface area contributed by atoms with Crippen LogP contribution < -0.4 is 5.32 Å². The molecule has 0 spiro atoms. The normalized spacial score (nSPS) is 24.2. The summed E-state index contributed by atoms with van der Waals surface area (Å²) in [7, 11) is -1.05. The lowest BCUT2D eigenvalue weighted by Gasteiger charge is -2.26. The highest BCUT2D eigenvalue weighted by molar-refractivity contribution is 6.76. The lowest BCUT2D eigenvalue weighted by Crippen LogP contribution is -2.25. The highest BCUT2D eigenvalue weighted by Gasteiger charge is 2.31. The van der Waals surface area contributed by atoms with E-state index in [1.807, 2.05) is 0 Å². The maximum Gasteiger partial charge on any atom is 0.0483 e. The Bertz CT molecular complexity index is 405. The van der Waals surface area contributed by atoms with Gasteiger partial charge in [0.25, 0.3) is 0 Å². The van der Waals surface area contributed by atoms with E-state index in [4.69, 9.17) is 0 Å². The van der Waals surface area contributed by atoms with Gasteiger partial charge >= 0.3 is 0 Å². The second-order valence-corrected chi connectivity index (χ2v) is 12.1. The zero-order chi connectivity index (χ0) is 13.2. The van der Waals surface area contributed by atoms with Gasteiger partial charge in [-0.05, 0) is 30.5 Å². The lowest BCUT2D eigenvalue weighted by molar-refractivity contribution is 0.526. The second kappa shape index (κ2) is 5.41. The molecular weight excluding hydrogens is 234 g/mol. The molecule has 1 N–H and O–H groups in total. The van der Waals surface area contributed by atoms with Gasteiger partial charge in [0.05, 0.1) is 0 Å². The SMILES string of the molecule is C=C(C[Si](C)(C)C)[C@@H]1CCN[C@@H]1c1ccccc1. The molecule has 0 amide bonds. The summed E-state index contributed by atoms with van der Waals surface area (Å²) >= 11 is 0. The van der Waals surface area contributed by atoms with Gasteiger partial charge in [-0.3, -0.25) is 0 Å². The third kappa shape index (κ3) is 3.33. The van der Waals surface area contributed by atoms with Crippen molar-refractivity contribution in [2.75, 3.05) is 6.54 Å². The van der Waals surface area contributed by atoms with Crippen LogP contribution in [0.4, 0.5) is 0 Å². The smallest absolute Gasteiger partial charge is 0.0483 e. The summed E-state index contributed by atoms with van der Waals surface area (Å²) in [4.78, 5) is 0. The van der Waals surface area contributed by atoms with Gasteiger partial charge in [-0.15, -0.1) is 0 Å². The maximum absolute atomic E-state index is 4.39. The van der Waals surface area contributed by atoms with Crippen LogP contribution in [0.2, 0.25) is 25.7 Å². The van der Waals surface area contributed by atoms with E-state index < -0.39 is 8.07 Å². The molecule has 2 heteroatoms. The Morgan fingerprint density at radius 3 is 2.56 bits per heavy atom. The summed E-state index contributed by atoms with van der Waals surface area (Å²) in [5.41, 5.74) is 2.88. The zero-order valence-electron chi connectivity index (χ0n) is 11.9. The molecule has 98 valence electrons. The minimum Gasteiger partial charge on any atom is -0.309 e. The quantitative estimate of drug-likeness (QED) is 0.630. The van der Waals surface area contributed by atoms with Gasteiger partial charge < -0.3 is 5.32 Å². The van der Waals surface area contributed by atoms with Crippen molar-refractivity contribution in [2.24, 2.45) is 5.92 Å². The molecule has 18 heavy (non-hydrogen) atoms. The molecule has 1 fully saturated rings. The first kappa shape index (κ1) is 13.6. The number of hydrogen-bond donors (Lipinski definition) is 1. The average Bonchev–Trinajstić information content (AvgIpc) is 2.76. The molecule has 0 saturated carbocycles. The molecule has 0 aromatic heterocycles. The van der Waals surface area contributed by atoms with Crippen LogP contribution >= 0.6 is 0 Å². The van der Waals surface area contributed by atoms with E-state index in [0.717, 1.165) is 6.54 Å². The third-order valence-corrected chi connectivity index (χ3v) is 5.18. The van der Waals surface area contributed by atoms with Gasteiger partial charge in [-0.1, -0.05) is 62.1 Å².